The Bertz CT molecular complexity index is 614. The number of piperidine rings is 1. The minimum absolute atomic E-state index is 0. The van der Waals surface area contributed by atoms with Gasteiger partial charge in [-0.1, -0.05) is 0 Å². The molecule has 1 aliphatic heterocycles. The van der Waals surface area contributed by atoms with Gasteiger partial charge in [0.15, 0.2) is 5.13 Å². The number of pyridine rings is 1. The molecule has 2 aromatic rings. The van der Waals surface area contributed by atoms with Crippen LogP contribution in [0.4, 0.5) is 5.13 Å². The van der Waals surface area contributed by atoms with Crippen molar-refractivity contribution in [3.05, 3.63) is 41.2 Å². The summed E-state index contributed by atoms with van der Waals surface area (Å²) >= 11 is 1.61. The van der Waals surface area contributed by atoms with Crippen molar-refractivity contribution in [1.82, 2.24) is 15.3 Å². The predicted molar refractivity (Wildman–Crippen MR) is 95.4 cm³/mol. The second kappa shape index (κ2) is 8.96. The van der Waals surface area contributed by atoms with Crippen LogP contribution in [0, 0.1) is 0 Å². The van der Waals surface area contributed by atoms with Gasteiger partial charge in [-0.15, -0.1) is 23.7 Å². The Morgan fingerprint density at radius 2 is 2.04 bits per heavy atom. The van der Waals surface area contributed by atoms with Crippen LogP contribution in [0.2, 0.25) is 0 Å². The van der Waals surface area contributed by atoms with E-state index in [0.717, 1.165) is 37.9 Å². The fourth-order valence-corrected chi connectivity index (χ4v) is 3.63. The van der Waals surface area contributed by atoms with Gasteiger partial charge in [0.2, 0.25) is 5.91 Å². The molecule has 0 aliphatic carbocycles. The number of rotatable bonds is 5. The second-order valence-corrected chi connectivity index (χ2v) is 6.56. The van der Waals surface area contributed by atoms with E-state index in [9.17, 15) is 4.79 Å². The van der Waals surface area contributed by atoms with Gasteiger partial charge in [0.1, 0.15) is 0 Å². The summed E-state index contributed by atoms with van der Waals surface area (Å²) in [5.74, 6) is 0.601. The molecule has 1 fully saturated rings. The lowest BCUT2D eigenvalue weighted by Gasteiger charge is -2.20. The van der Waals surface area contributed by atoms with Gasteiger partial charge in [-0.05, 0) is 56.0 Å². The molecule has 5 nitrogen and oxygen atoms in total. The van der Waals surface area contributed by atoms with Crippen LogP contribution in [0.1, 0.15) is 35.6 Å². The molecule has 2 aromatic heterocycles. The van der Waals surface area contributed by atoms with E-state index in [0.29, 0.717) is 17.5 Å². The summed E-state index contributed by atoms with van der Waals surface area (Å²) in [5, 5.41) is 6.99. The molecule has 0 radical (unpaired) electrons. The highest BCUT2D eigenvalue weighted by molar-refractivity contribution is 7.15. The monoisotopic (exact) mass is 352 g/mol. The summed E-state index contributed by atoms with van der Waals surface area (Å²) in [6.07, 6.45) is 8.90. The number of aryl methyl sites for hydroxylation is 1. The molecule has 0 bridgehead atoms. The van der Waals surface area contributed by atoms with Crippen LogP contribution in [0.15, 0.2) is 30.7 Å². The first-order valence-electron chi connectivity index (χ1n) is 7.66. The van der Waals surface area contributed by atoms with Crippen LogP contribution in [0.3, 0.4) is 0 Å². The molecule has 3 heterocycles. The van der Waals surface area contributed by atoms with Gasteiger partial charge in [-0.25, -0.2) is 4.98 Å². The molecule has 1 saturated heterocycles. The van der Waals surface area contributed by atoms with E-state index >= 15 is 0 Å². The third-order valence-corrected chi connectivity index (χ3v) is 4.98. The van der Waals surface area contributed by atoms with E-state index in [1.807, 2.05) is 18.3 Å². The first-order chi connectivity index (χ1) is 10.8. The lowest BCUT2D eigenvalue weighted by Crippen LogP contribution is -2.26. The molecule has 23 heavy (non-hydrogen) atoms. The maximum atomic E-state index is 12.0. The zero-order chi connectivity index (χ0) is 15.2. The molecular weight excluding hydrogens is 332 g/mol. The average Bonchev–Trinajstić information content (AvgIpc) is 3.03. The fraction of sp³-hybridized carbons (Fsp3) is 0.438. The van der Waals surface area contributed by atoms with Crippen LogP contribution in [0.25, 0.3) is 0 Å². The Morgan fingerprint density at radius 1 is 1.30 bits per heavy atom. The highest BCUT2D eigenvalue weighted by Crippen LogP contribution is 2.31. The molecular formula is C16H21ClN4OS. The third-order valence-electron chi connectivity index (χ3n) is 3.90. The summed E-state index contributed by atoms with van der Waals surface area (Å²) in [6.45, 7) is 2.13. The summed E-state index contributed by atoms with van der Waals surface area (Å²) in [4.78, 5) is 21.6. The van der Waals surface area contributed by atoms with Crippen molar-refractivity contribution in [2.45, 2.75) is 31.6 Å². The van der Waals surface area contributed by atoms with Crippen LogP contribution in [-0.2, 0) is 11.2 Å². The van der Waals surface area contributed by atoms with Gasteiger partial charge >= 0.3 is 0 Å². The van der Waals surface area contributed by atoms with Crippen molar-refractivity contribution in [1.29, 1.82) is 0 Å². The summed E-state index contributed by atoms with van der Waals surface area (Å²) in [7, 11) is 0. The first kappa shape index (κ1) is 17.8. The molecule has 7 heteroatoms. The molecule has 1 aliphatic rings. The highest BCUT2D eigenvalue weighted by Gasteiger charge is 2.18. The zero-order valence-corrected chi connectivity index (χ0v) is 14.5. The van der Waals surface area contributed by atoms with Gasteiger partial charge in [0.25, 0.3) is 0 Å². The molecule has 124 valence electrons. The van der Waals surface area contributed by atoms with E-state index in [1.165, 1.54) is 4.88 Å². The third kappa shape index (κ3) is 5.27. The largest absolute Gasteiger partial charge is 0.317 e. The SMILES string of the molecule is Cl.O=C(CCc1ccncc1)Nc1ncc(C2CCNCC2)s1. The number of anilines is 1. The number of carbonyl (C=O) groups excluding carboxylic acids is 1. The number of hydrogen-bond acceptors (Lipinski definition) is 5. The summed E-state index contributed by atoms with van der Waals surface area (Å²) in [5.41, 5.74) is 1.12. The number of halogens is 1. The maximum Gasteiger partial charge on any atom is 0.226 e. The fourth-order valence-electron chi connectivity index (χ4n) is 2.63. The number of aromatic nitrogens is 2. The molecule has 0 aromatic carbocycles. The number of thiazole rings is 1. The molecule has 0 unspecified atom stereocenters. The predicted octanol–water partition coefficient (Wildman–Crippen LogP) is 3.00. The number of carbonyl (C=O) groups is 1. The molecule has 3 rings (SSSR count). The topological polar surface area (TPSA) is 66.9 Å². The van der Waals surface area contributed by atoms with Crippen LogP contribution in [0.5, 0.6) is 0 Å². The van der Waals surface area contributed by atoms with Crippen molar-refractivity contribution < 1.29 is 4.79 Å². The van der Waals surface area contributed by atoms with E-state index < -0.39 is 0 Å². The van der Waals surface area contributed by atoms with Crippen molar-refractivity contribution in [2.24, 2.45) is 0 Å². The average molecular weight is 353 g/mol. The Balaban J connectivity index is 0.00000192. The van der Waals surface area contributed by atoms with E-state index in [1.54, 1.807) is 23.7 Å². The quantitative estimate of drug-likeness (QED) is 0.868. The van der Waals surface area contributed by atoms with Gasteiger partial charge in [0, 0.05) is 29.9 Å². The van der Waals surface area contributed by atoms with Crippen LogP contribution >= 0.6 is 23.7 Å². The highest BCUT2D eigenvalue weighted by atomic mass is 35.5. The molecule has 1 amide bonds. The van der Waals surface area contributed by atoms with Crippen molar-refractivity contribution in [3.8, 4) is 0 Å². The number of nitrogens with one attached hydrogen (secondary N) is 2. The van der Waals surface area contributed by atoms with Crippen LogP contribution in [-0.4, -0.2) is 29.0 Å². The smallest absolute Gasteiger partial charge is 0.226 e. The number of amides is 1. The Kier molecular flexibility index (Phi) is 6.95. The van der Waals surface area contributed by atoms with Gasteiger partial charge in [-0.2, -0.15) is 0 Å². The molecule has 0 saturated carbocycles. The first-order valence-corrected chi connectivity index (χ1v) is 8.48. The summed E-state index contributed by atoms with van der Waals surface area (Å²) in [6, 6.07) is 3.87. The number of nitrogens with zero attached hydrogens (tertiary/aromatic N) is 2. The second-order valence-electron chi connectivity index (χ2n) is 5.50. The normalized spacial score (nSPS) is 15.0. The van der Waals surface area contributed by atoms with Crippen molar-refractivity contribution >= 4 is 34.8 Å². The van der Waals surface area contributed by atoms with Gasteiger partial charge < -0.3 is 10.6 Å². The lowest BCUT2D eigenvalue weighted by atomic mass is 9.97. The van der Waals surface area contributed by atoms with Crippen molar-refractivity contribution in [3.63, 3.8) is 0 Å². The van der Waals surface area contributed by atoms with E-state index in [4.69, 9.17) is 0 Å². The van der Waals surface area contributed by atoms with Crippen molar-refractivity contribution in [2.75, 3.05) is 18.4 Å². The lowest BCUT2D eigenvalue weighted by molar-refractivity contribution is -0.116. The standard InChI is InChI=1S/C16H20N4OS.ClH/c21-15(2-1-12-3-7-17-8-4-12)20-16-19-11-14(22-16)13-5-9-18-10-6-13;/h3-4,7-8,11,13,18H,1-2,5-6,9-10H2,(H,19,20,21);1H. The molecule has 0 atom stereocenters. The van der Waals surface area contributed by atoms with Gasteiger partial charge in [0.05, 0.1) is 0 Å². The zero-order valence-electron chi connectivity index (χ0n) is 12.8. The summed E-state index contributed by atoms with van der Waals surface area (Å²) < 4.78 is 0. The Labute approximate surface area is 146 Å². The van der Waals surface area contributed by atoms with E-state index in [2.05, 4.69) is 20.6 Å². The Hall–Kier alpha value is -1.50. The minimum Gasteiger partial charge on any atom is -0.317 e. The number of hydrogen-bond donors (Lipinski definition) is 2. The van der Waals surface area contributed by atoms with Crippen LogP contribution < -0.4 is 10.6 Å². The maximum absolute atomic E-state index is 12.0. The minimum atomic E-state index is 0. The van der Waals surface area contributed by atoms with E-state index in [-0.39, 0.29) is 18.3 Å². The molecule has 0 spiro atoms. The van der Waals surface area contributed by atoms with Gasteiger partial charge in [-0.3, -0.25) is 9.78 Å². The Morgan fingerprint density at radius 3 is 2.78 bits per heavy atom. The molecule has 2 N–H and O–H groups in total.